The van der Waals surface area contributed by atoms with Crippen LogP contribution in [-0.2, 0) is 0 Å². The van der Waals surface area contributed by atoms with Crippen LogP contribution in [0.3, 0.4) is 0 Å². The van der Waals surface area contributed by atoms with E-state index in [2.05, 4.69) is 25.8 Å². The van der Waals surface area contributed by atoms with E-state index in [0.717, 1.165) is 12.8 Å². The van der Waals surface area contributed by atoms with E-state index in [0.29, 0.717) is 19.0 Å². The van der Waals surface area contributed by atoms with Crippen molar-refractivity contribution in [3.63, 3.8) is 0 Å². The minimum Gasteiger partial charge on any atom is -0.381 e. The van der Waals surface area contributed by atoms with Gasteiger partial charge in [0.2, 0.25) is 0 Å². The highest BCUT2D eigenvalue weighted by atomic mass is 19.1. The van der Waals surface area contributed by atoms with Gasteiger partial charge in [-0.2, -0.15) is 0 Å². The Bertz CT molecular complexity index is 502. The van der Waals surface area contributed by atoms with Crippen molar-refractivity contribution in [1.29, 1.82) is 0 Å². The maximum atomic E-state index is 13.8. The van der Waals surface area contributed by atoms with E-state index in [1.165, 1.54) is 12.3 Å². The highest BCUT2D eigenvalue weighted by Crippen LogP contribution is 2.34. The predicted molar refractivity (Wildman–Crippen MR) is 76.7 cm³/mol. The first kappa shape index (κ1) is 14.8. The highest BCUT2D eigenvalue weighted by molar-refractivity contribution is 5.95. The van der Waals surface area contributed by atoms with Crippen LogP contribution in [0, 0.1) is 17.2 Å². The molecule has 1 aliphatic heterocycles. The summed E-state index contributed by atoms with van der Waals surface area (Å²) in [6.07, 6.45) is 3.28. The van der Waals surface area contributed by atoms with Gasteiger partial charge >= 0.3 is 0 Å². The Morgan fingerprint density at radius 3 is 2.55 bits per heavy atom. The molecular weight excluding hydrogens is 257 g/mol. The van der Waals surface area contributed by atoms with Crippen LogP contribution in [0.4, 0.5) is 10.2 Å². The van der Waals surface area contributed by atoms with Crippen molar-refractivity contribution in [1.82, 2.24) is 9.88 Å². The zero-order valence-corrected chi connectivity index (χ0v) is 12.3. The van der Waals surface area contributed by atoms with Crippen molar-refractivity contribution in [2.45, 2.75) is 33.6 Å². The molecule has 1 aromatic rings. The predicted octanol–water partition coefficient (Wildman–Crippen LogP) is 2.70. The number of rotatable bonds is 1. The number of anilines is 1. The molecule has 0 aliphatic carbocycles. The number of pyridine rings is 1. The first-order chi connectivity index (χ1) is 9.30. The van der Waals surface area contributed by atoms with Crippen molar-refractivity contribution in [2.24, 2.45) is 11.3 Å². The number of carbonyl (C=O) groups excluding carboxylic acids is 1. The third-order valence-electron chi connectivity index (χ3n) is 4.15. The molecule has 110 valence electrons. The lowest BCUT2D eigenvalue weighted by Crippen LogP contribution is -2.41. The molecule has 2 heterocycles. The van der Waals surface area contributed by atoms with Gasteiger partial charge in [0.25, 0.3) is 5.91 Å². The molecule has 0 aromatic carbocycles. The van der Waals surface area contributed by atoms with Crippen molar-refractivity contribution in [3.8, 4) is 0 Å². The minimum atomic E-state index is -0.713. The number of amides is 1. The first-order valence-corrected chi connectivity index (χ1v) is 7.00. The summed E-state index contributed by atoms with van der Waals surface area (Å²) in [5.41, 5.74) is 5.68. The fraction of sp³-hybridized carbons (Fsp3) is 0.600. The standard InChI is InChI=1S/C15H22FN3O/c1-15(2,3)10-5-8-19(9-6-10)14(20)11-4-7-18-13(17)12(11)16/h4,7,10H,5-6,8-9H2,1-3H3,(H2,17,18). The van der Waals surface area contributed by atoms with Crippen LogP contribution in [0.1, 0.15) is 44.0 Å². The lowest BCUT2D eigenvalue weighted by Gasteiger charge is -2.38. The summed E-state index contributed by atoms with van der Waals surface area (Å²) in [6.45, 7) is 8.00. The van der Waals surface area contributed by atoms with Gasteiger partial charge in [0.05, 0.1) is 5.56 Å². The average Bonchev–Trinajstić information content (AvgIpc) is 2.40. The van der Waals surface area contributed by atoms with E-state index in [-0.39, 0.29) is 22.7 Å². The Kier molecular flexibility index (Phi) is 3.97. The second-order valence-electron chi connectivity index (χ2n) is 6.49. The monoisotopic (exact) mass is 279 g/mol. The number of nitrogens with zero attached hydrogens (tertiary/aromatic N) is 2. The van der Waals surface area contributed by atoms with E-state index in [1.54, 1.807) is 4.90 Å². The molecule has 1 amide bonds. The van der Waals surface area contributed by atoms with Gasteiger partial charge in [-0.1, -0.05) is 20.8 Å². The van der Waals surface area contributed by atoms with Gasteiger partial charge in [0, 0.05) is 19.3 Å². The zero-order chi connectivity index (χ0) is 14.9. The number of hydrogen-bond acceptors (Lipinski definition) is 3. The highest BCUT2D eigenvalue weighted by Gasteiger charge is 2.31. The Balaban J connectivity index is 2.07. The number of piperidine rings is 1. The summed E-state index contributed by atoms with van der Waals surface area (Å²) in [5.74, 6) is -0.626. The Hall–Kier alpha value is -1.65. The Labute approximate surface area is 119 Å². The van der Waals surface area contributed by atoms with Gasteiger partial charge in [0.1, 0.15) is 0 Å². The summed E-state index contributed by atoms with van der Waals surface area (Å²) in [4.78, 5) is 17.7. The van der Waals surface area contributed by atoms with Crippen molar-refractivity contribution in [2.75, 3.05) is 18.8 Å². The topological polar surface area (TPSA) is 59.2 Å². The number of hydrogen-bond donors (Lipinski definition) is 1. The molecule has 20 heavy (non-hydrogen) atoms. The average molecular weight is 279 g/mol. The number of aromatic nitrogens is 1. The molecule has 5 heteroatoms. The van der Waals surface area contributed by atoms with Crippen molar-refractivity contribution in [3.05, 3.63) is 23.6 Å². The third-order valence-corrected chi connectivity index (χ3v) is 4.15. The second-order valence-corrected chi connectivity index (χ2v) is 6.49. The number of likely N-dealkylation sites (tertiary alicyclic amines) is 1. The Morgan fingerprint density at radius 2 is 2.00 bits per heavy atom. The quantitative estimate of drug-likeness (QED) is 0.860. The van der Waals surface area contributed by atoms with Crippen LogP contribution in [-0.4, -0.2) is 28.9 Å². The van der Waals surface area contributed by atoms with E-state index < -0.39 is 5.82 Å². The summed E-state index contributed by atoms with van der Waals surface area (Å²) in [7, 11) is 0. The molecule has 2 rings (SSSR count). The first-order valence-electron chi connectivity index (χ1n) is 7.00. The van der Waals surface area contributed by atoms with Gasteiger partial charge in [-0.15, -0.1) is 0 Å². The molecule has 2 N–H and O–H groups in total. The lowest BCUT2D eigenvalue weighted by molar-refractivity contribution is 0.0604. The van der Waals surface area contributed by atoms with Crippen LogP contribution in [0.5, 0.6) is 0 Å². The largest absolute Gasteiger partial charge is 0.381 e. The van der Waals surface area contributed by atoms with Gasteiger partial charge < -0.3 is 10.6 Å². The summed E-state index contributed by atoms with van der Waals surface area (Å²) in [6, 6.07) is 1.39. The fourth-order valence-corrected chi connectivity index (χ4v) is 2.74. The van der Waals surface area contributed by atoms with Gasteiger partial charge in [-0.3, -0.25) is 4.79 Å². The van der Waals surface area contributed by atoms with Crippen molar-refractivity contribution >= 4 is 11.7 Å². The SMILES string of the molecule is CC(C)(C)C1CCN(C(=O)c2ccnc(N)c2F)CC1. The van der Waals surface area contributed by atoms with Crippen LogP contribution in [0.25, 0.3) is 0 Å². The van der Waals surface area contributed by atoms with E-state index in [4.69, 9.17) is 5.73 Å². The number of nitrogen functional groups attached to an aromatic ring is 1. The van der Waals surface area contributed by atoms with Crippen LogP contribution in [0.15, 0.2) is 12.3 Å². The maximum absolute atomic E-state index is 13.8. The molecule has 0 radical (unpaired) electrons. The minimum absolute atomic E-state index is 0.0201. The number of carbonyl (C=O) groups is 1. The third kappa shape index (κ3) is 2.92. The van der Waals surface area contributed by atoms with Crippen LogP contribution >= 0.6 is 0 Å². The molecule has 0 bridgehead atoms. The molecule has 0 saturated carbocycles. The molecule has 1 aliphatic rings. The summed E-state index contributed by atoms with van der Waals surface area (Å²) >= 11 is 0. The summed E-state index contributed by atoms with van der Waals surface area (Å²) in [5, 5.41) is 0. The molecule has 0 spiro atoms. The molecule has 1 fully saturated rings. The number of halogens is 1. The van der Waals surface area contributed by atoms with Crippen LogP contribution in [0.2, 0.25) is 0 Å². The fourth-order valence-electron chi connectivity index (χ4n) is 2.74. The molecule has 1 aromatic heterocycles. The molecule has 0 unspecified atom stereocenters. The van der Waals surface area contributed by atoms with E-state index in [1.807, 2.05) is 0 Å². The van der Waals surface area contributed by atoms with Crippen molar-refractivity contribution < 1.29 is 9.18 Å². The van der Waals surface area contributed by atoms with Gasteiger partial charge in [-0.05, 0) is 30.2 Å². The molecular formula is C15H22FN3O. The van der Waals surface area contributed by atoms with Gasteiger partial charge in [-0.25, -0.2) is 9.37 Å². The molecule has 4 nitrogen and oxygen atoms in total. The second kappa shape index (κ2) is 5.38. The molecule has 0 atom stereocenters. The maximum Gasteiger partial charge on any atom is 0.257 e. The zero-order valence-electron chi connectivity index (χ0n) is 12.3. The smallest absolute Gasteiger partial charge is 0.257 e. The van der Waals surface area contributed by atoms with Gasteiger partial charge in [0.15, 0.2) is 11.6 Å². The molecule has 1 saturated heterocycles. The Morgan fingerprint density at radius 1 is 1.40 bits per heavy atom. The normalized spacial score (nSPS) is 17.3. The number of nitrogens with two attached hydrogens (primary N) is 1. The van der Waals surface area contributed by atoms with Crippen LogP contribution < -0.4 is 5.73 Å². The van der Waals surface area contributed by atoms with E-state index >= 15 is 0 Å². The lowest BCUT2D eigenvalue weighted by atomic mass is 9.75. The van der Waals surface area contributed by atoms with E-state index in [9.17, 15) is 9.18 Å². The summed E-state index contributed by atoms with van der Waals surface area (Å²) < 4.78 is 13.8.